The van der Waals surface area contributed by atoms with Crippen LogP contribution in [-0.2, 0) is 0 Å². The predicted molar refractivity (Wildman–Crippen MR) is 33.8 cm³/mol. The Morgan fingerprint density at radius 1 is 1.33 bits per heavy atom. The zero-order valence-corrected chi connectivity index (χ0v) is 6.72. The van der Waals surface area contributed by atoms with Gasteiger partial charge in [-0.3, -0.25) is 0 Å². The summed E-state index contributed by atoms with van der Waals surface area (Å²) in [5, 5.41) is 6.81. The van der Waals surface area contributed by atoms with Crippen LogP contribution in [0.15, 0.2) is 0 Å². The molecule has 0 radical (unpaired) electrons. The molecule has 6 heavy (non-hydrogen) atoms. The Bertz CT molecular complexity index is 41.9. The second-order valence-corrected chi connectivity index (χ2v) is 7.57. The summed E-state index contributed by atoms with van der Waals surface area (Å²) in [5.74, 6) is 0. The number of rotatable bonds is 2. The fourth-order valence-corrected chi connectivity index (χ4v) is 1.30. The Balaban J connectivity index is 2.99. The van der Waals surface area contributed by atoms with Crippen molar-refractivity contribution >= 4 is 19.3 Å². The molecule has 0 bridgehead atoms. The molecule has 0 saturated heterocycles. The molecule has 0 nitrogen and oxygen atoms in total. The van der Waals surface area contributed by atoms with Gasteiger partial charge in [0.15, 0.2) is 0 Å². The van der Waals surface area contributed by atoms with Gasteiger partial charge in [-0.15, -0.1) is 0 Å². The van der Waals surface area contributed by atoms with Crippen molar-refractivity contribution in [1.29, 1.82) is 0 Å². The van der Waals surface area contributed by atoms with Crippen molar-refractivity contribution in [2.75, 3.05) is 0 Å². The van der Waals surface area contributed by atoms with E-state index in [1.807, 2.05) is 0 Å². The van der Waals surface area contributed by atoms with Gasteiger partial charge < -0.3 is 0 Å². The van der Waals surface area contributed by atoms with Crippen molar-refractivity contribution in [1.82, 2.24) is 0 Å². The third-order valence-corrected chi connectivity index (χ3v) is 5.20. The summed E-state index contributed by atoms with van der Waals surface area (Å²) in [6.07, 6.45) is 0. The fraction of sp³-hybridized carbons (Fsp3) is 0.800. The van der Waals surface area contributed by atoms with E-state index in [1.165, 1.54) is 10.5 Å². The molecule has 0 N–H and O–H groups in total. The number of hydrogen-bond donors (Lipinski definition) is 0. The number of hydrogen-bond acceptors (Lipinski definition) is 0. The van der Waals surface area contributed by atoms with E-state index in [1.54, 1.807) is 0 Å². The summed E-state index contributed by atoms with van der Waals surface area (Å²) in [6, 6.07) is 0. The first-order valence-corrected chi connectivity index (χ1v) is 6.93. The van der Waals surface area contributed by atoms with E-state index in [9.17, 15) is 0 Å². The van der Waals surface area contributed by atoms with Gasteiger partial charge in [0.25, 0.3) is 0 Å². The van der Waals surface area contributed by atoms with E-state index >= 15 is 0 Å². The van der Waals surface area contributed by atoms with Crippen LogP contribution in [0, 0.1) is 0 Å². The molecule has 0 aliphatic carbocycles. The Hall–Kier alpha value is 0.413. The van der Waals surface area contributed by atoms with Crippen LogP contribution in [0.4, 0.5) is 0 Å². The van der Waals surface area contributed by atoms with Gasteiger partial charge in [-0.05, 0) is 0 Å². The zero-order chi connectivity index (χ0) is 4.99. The van der Waals surface area contributed by atoms with Crippen LogP contribution >= 0.6 is 0 Å². The summed E-state index contributed by atoms with van der Waals surface area (Å²) in [6.45, 7) is 4.48. The van der Waals surface area contributed by atoms with Crippen molar-refractivity contribution in [3.05, 3.63) is 0 Å². The second-order valence-electron chi connectivity index (χ2n) is 1.46. The Kier molecular flexibility index (Phi) is 3.85. The summed E-state index contributed by atoms with van der Waals surface area (Å²) in [4.78, 5) is 0. The van der Waals surface area contributed by atoms with E-state index in [4.69, 9.17) is 0 Å². The first-order valence-electron chi connectivity index (χ1n) is 2.47. The minimum atomic E-state index is -0.630. The van der Waals surface area contributed by atoms with E-state index in [0.29, 0.717) is 0 Å². The molecular formula is C5H12Ge. The van der Waals surface area contributed by atoms with Crippen LogP contribution in [0.25, 0.3) is 0 Å². The third kappa shape index (κ3) is 2.64. The van der Waals surface area contributed by atoms with Gasteiger partial charge >= 0.3 is 43.6 Å². The van der Waals surface area contributed by atoms with Gasteiger partial charge in [0.1, 0.15) is 0 Å². The Morgan fingerprint density at radius 2 is 1.67 bits per heavy atom. The van der Waals surface area contributed by atoms with E-state index in [-0.39, 0.29) is 0 Å². The van der Waals surface area contributed by atoms with E-state index in [0.717, 1.165) is 0 Å². The molecule has 0 rings (SSSR count). The van der Waals surface area contributed by atoms with Crippen molar-refractivity contribution < 1.29 is 0 Å². The maximum atomic E-state index is 4.04. The molecule has 0 unspecified atom stereocenters. The van der Waals surface area contributed by atoms with Crippen LogP contribution in [0.1, 0.15) is 13.8 Å². The summed E-state index contributed by atoms with van der Waals surface area (Å²) in [7, 11) is 0. The predicted octanol–water partition coefficient (Wildman–Crippen LogP) is 1.53. The van der Waals surface area contributed by atoms with Crippen molar-refractivity contribution in [3.8, 4) is 0 Å². The van der Waals surface area contributed by atoms with Crippen molar-refractivity contribution in [2.24, 2.45) is 0 Å². The summed E-state index contributed by atoms with van der Waals surface area (Å²) < 4.78 is 0. The normalized spacial score (nSPS) is 8.33. The quantitative estimate of drug-likeness (QED) is 0.516. The first-order chi connectivity index (χ1) is 2.81. The van der Waals surface area contributed by atoms with Gasteiger partial charge in [0.2, 0.25) is 0 Å². The average molecular weight is 145 g/mol. The molecule has 0 aromatic rings. The molecule has 0 amide bonds. The molecule has 0 aromatic heterocycles. The van der Waals surface area contributed by atoms with Gasteiger partial charge in [-0.25, -0.2) is 0 Å². The Labute approximate surface area is 44.2 Å². The van der Waals surface area contributed by atoms with Crippen LogP contribution < -0.4 is 0 Å². The molecule has 0 fully saturated rings. The first kappa shape index (κ1) is 6.41. The van der Waals surface area contributed by atoms with Crippen LogP contribution in [0.5, 0.6) is 0 Å². The van der Waals surface area contributed by atoms with Gasteiger partial charge in [0, 0.05) is 0 Å². The molecule has 36 valence electrons. The fourth-order valence-electron chi connectivity index (χ4n) is 0.250. The minimum absolute atomic E-state index is 0.630. The Morgan fingerprint density at radius 3 is 1.67 bits per heavy atom. The molecule has 0 saturated carbocycles. The van der Waals surface area contributed by atoms with Gasteiger partial charge in [0.05, 0.1) is 0 Å². The zero-order valence-electron chi connectivity index (χ0n) is 4.62. The molecule has 0 atom stereocenters. The molecule has 0 spiro atoms. The maximum absolute atomic E-state index is 4.04. The summed E-state index contributed by atoms with van der Waals surface area (Å²) in [5.41, 5.74) is 0. The molecule has 0 aliphatic heterocycles. The molecule has 0 heterocycles. The standard InChI is InChI=1S/C5H12Ge/c1-4-6(3)5-2/h3-5H2,1-2H3. The second kappa shape index (κ2) is 3.60. The molecular weight excluding hydrogens is 133 g/mol. The van der Waals surface area contributed by atoms with E-state index < -0.39 is 13.9 Å². The van der Waals surface area contributed by atoms with Crippen LogP contribution in [0.3, 0.4) is 0 Å². The average Bonchev–Trinajstić information content (AvgIpc) is 1.65. The topological polar surface area (TPSA) is 0 Å². The van der Waals surface area contributed by atoms with Crippen molar-refractivity contribution in [2.45, 2.75) is 24.4 Å². The third-order valence-electron chi connectivity index (χ3n) is 1.000. The monoisotopic (exact) mass is 146 g/mol. The SMILES string of the molecule is [CH2]=[Ge]([CH2]C)[CH2]C. The van der Waals surface area contributed by atoms with Crippen LogP contribution in [-0.4, -0.2) is 19.3 Å². The molecule has 0 aliphatic rings. The van der Waals surface area contributed by atoms with Gasteiger partial charge in [-0.2, -0.15) is 0 Å². The van der Waals surface area contributed by atoms with Gasteiger partial charge in [-0.1, -0.05) is 0 Å². The molecule has 1 heteroatoms. The van der Waals surface area contributed by atoms with Crippen LogP contribution in [0.2, 0.25) is 10.5 Å². The van der Waals surface area contributed by atoms with Crippen molar-refractivity contribution in [3.63, 3.8) is 0 Å². The van der Waals surface area contributed by atoms with E-state index in [2.05, 4.69) is 19.2 Å². The summed E-state index contributed by atoms with van der Waals surface area (Å²) >= 11 is -0.630. The molecule has 0 aromatic carbocycles.